The first kappa shape index (κ1) is 18.7. The van der Waals surface area contributed by atoms with Crippen LogP contribution in [0.4, 0.5) is 4.39 Å². The SMILES string of the molecule is O=S(=O)(NCCc1csc2nc(-c3cccc(F)c3)nn12)c1ccc(Br)s1. The van der Waals surface area contributed by atoms with Crippen LogP contribution in [0.3, 0.4) is 0 Å². The van der Waals surface area contributed by atoms with E-state index in [1.54, 1.807) is 28.8 Å². The van der Waals surface area contributed by atoms with Crippen molar-refractivity contribution in [3.05, 3.63) is 57.1 Å². The van der Waals surface area contributed by atoms with Crippen LogP contribution in [0.2, 0.25) is 0 Å². The highest BCUT2D eigenvalue weighted by Gasteiger charge is 2.17. The molecule has 0 spiro atoms. The van der Waals surface area contributed by atoms with Gasteiger partial charge in [-0.25, -0.2) is 22.0 Å². The Morgan fingerprint density at radius 1 is 1.26 bits per heavy atom. The minimum absolute atomic E-state index is 0.235. The summed E-state index contributed by atoms with van der Waals surface area (Å²) in [5, 5.41) is 6.32. The first-order chi connectivity index (χ1) is 12.9. The molecule has 0 radical (unpaired) electrons. The second-order valence-electron chi connectivity index (χ2n) is 5.57. The maximum Gasteiger partial charge on any atom is 0.250 e. The molecule has 0 saturated heterocycles. The lowest BCUT2D eigenvalue weighted by atomic mass is 10.2. The summed E-state index contributed by atoms with van der Waals surface area (Å²) < 4.78 is 43.2. The lowest BCUT2D eigenvalue weighted by molar-refractivity contribution is 0.583. The second-order valence-corrected chi connectivity index (χ2v) is 10.9. The van der Waals surface area contributed by atoms with E-state index in [0.29, 0.717) is 22.8 Å². The molecule has 4 aromatic rings. The van der Waals surface area contributed by atoms with Crippen molar-refractivity contribution in [2.24, 2.45) is 0 Å². The summed E-state index contributed by atoms with van der Waals surface area (Å²) in [5.41, 5.74) is 1.43. The van der Waals surface area contributed by atoms with Crippen molar-refractivity contribution in [2.75, 3.05) is 6.54 Å². The summed E-state index contributed by atoms with van der Waals surface area (Å²) in [5.74, 6) is 0.0899. The number of thiazole rings is 1. The van der Waals surface area contributed by atoms with Crippen LogP contribution < -0.4 is 4.72 Å². The summed E-state index contributed by atoms with van der Waals surface area (Å²) in [6, 6.07) is 9.36. The van der Waals surface area contributed by atoms with Crippen molar-refractivity contribution < 1.29 is 12.8 Å². The molecule has 1 N–H and O–H groups in total. The van der Waals surface area contributed by atoms with Gasteiger partial charge >= 0.3 is 0 Å². The van der Waals surface area contributed by atoms with E-state index < -0.39 is 10.0 Å². The molecule has 0 unspecified atom stereocenters. The number of nitrogens with zero attached hydrogens (tertiary/aromatic N) is 3. The molecule has 0 aliphatic carbocycles. The van der Waals surface area contributed by atoms with Crippen LogP contribution in [-0.4, -0.2) is 29.6 Å². The zero-order valence-corrected chi connectivity index (χ0v) is 17.6. The van der Waals surface area contributed by atoms with E-state index in [-0.39, 0.29) is 16.6 Å². The predicted octanol–water partition coefficient (Wildman–Crippen LogP) is 3.94. The van der Waals surface area contributed by atoms with E-state index in [4.69, 9.17) is 0 Å². The number of nitrogens with one attached hydrogen (secondary N) is 1. The minimum Gasteiger partial charge on any atom is -0.210 e. The Hall–Kier alpha value is -1.66. The summed E-state index contributed by atoms with van der Waals surface area (Å²) in [6.07, 6.45) is 0.456. The van der Waals surface area contributed by atoms with Crippen LogP contribution >= 0.6 is 38.6 Å². The van der Waals surface area contributed by atoms with Gasteiger partial charge in [-0.15, -0.1) is 27.8 Å². The predicted molar refractivity (Wildman–Crippen MR) is 107 cm³/mol. The highest BCUT2D eigenvalue weighted by atomic mass is 79.9. The second kappa shape index (κ2) is 7.40. The summed E-state index contributed by atoms with van der Waals surface area (Å²) in [6.45, 7) is 0.235. The molecule has 3 aromatic heterocycles. The molecule has 0 amide bonds. The minimum atomic E-state index is -3.53. The van der Waals surface area contributed by atoms with Crippen LogP contribution in [0.25, 0.3) is 16.3 Å². The number of rotatable bonds is 6. The Labute approximate surface area is 170 Å². The average Bonchev–Trinajstić information content (AvgIpc) is 3.31. The molecule has 0 atom stereocenters. The van der Waals surface area contributed by atoms with Crippen molar-refractivity contribution in [3.63, 3.8) is 0 Å². The molecular formula is C16H12BrFN4O2S3. The van der Waals surface area contributed by atoms with Gasteiger partial charge in [0, 0.05) is 23.9 Å². The van der Waals surface area contributed by atoms with Crippen LogP contribution in [-0.2, 0) is 16.4 Å². The maximum atomic E-state index is 13.4. The molecule has 1 aromatic carbocycles. The number of hydrogen-bond donors (Lipinski definition) is 1. The Morgan fingerprint density at radius 3 is 2.85 bits per heavy atom. The summed E-state index contributed by atoms with van der Waals surface area (Å²) >= 11 is 5.83. The molecule has 11 heteroatoms. The number of benzene rings is 1. The van der Waals surface area contributed by atoms with Gasteiger partial charge in [0.25, 0.3) is 0 Å². The highest BCUT2D eigenvalue weighted by Crippen LogP contribution is 2.26. The fourth-order valence-electron chi connectivity index (χ4n) is 2.47. The zero-order valence-electron chi connectivity index (χ0n) is 13.6. The Kier molecular flexibility index (Phi) is 5.12. The summed E-state index contributed by atoms with van der Waals surface area (Å²) in [4.78, 5) is 5.09. The molecule has 0 bridgehead atoms. The van der Waals surface area contributed by atoms with Gasteiger partial charge in [-0.05, 0) is 40.2 Å². The molecule has 0 saturated carbocycles. The number of aromatic nitrogens is 3. The third-order valence-corrected chi connectivity index (χ3v) is 8.16. The van der Waals surface area contributed by atoms with E-state index in [0.717, 1.165) is 20.8 Å². The van der Waals surface area contributed by atoms with Crippen molar-refractivity contribution in [2.45, 2.75) is 10.6 Å². The van der Waals surface area contributed by atoms with E-state index in [2.05, 4.69) is 30.7 Å². The molecule has 3 heterocycles. The number of thiophene rings is 1. The molecule has 27 heavy (non-hydrogen) atoms. The number of fused-ring (bicyclic) bond motifs is 1. The van der Waals surface area contributed by atoms with Gasteiger partial charge in [-0.2, -0.15) is 4.98 Å². The van der Waals surface area contributed by atoms with Crippen molar-refractivity contribution in [1.29, 1.82) is 0 Å². The largest absolute Gasteiger partial charge is 0.250 e. The fourth-order valence-corrected chi connectivity index (χ4v) is 6.42. The lowest BCUT2D eigenvalue weighted by Crippen LogP contribution is -2.25. The van der Waals surface area contributed by atoms with Crippen LogP contribution in [0.1, 0.15) is 5.69 Å². The highest BCUT2D eigenvalue weighted by molar-refractivity contribution is 9.11. The monoisotopic (exact) mass is 486 g/mol. The lowest BCUT2D eigenvalue weighted by Gasteiger charge is -2.03. The Bertz CT molecular complexity index is 1220. The average molecular weight is 487 g/mol. The number of hydrogen-bond acceptors (Lipinski definition) is 6. The molecule has 4 rings (SSSR count). The molecule has 0 aliphatic rings. The van der Waals surface area contributed by atoms with Crippen LogP contribution in [0.15, 0.2) is 49.8 Å². The van der Waals surface area contributed by atoms with Gasteiger partial charge < -0.3 is 0 Å². The van der Waals surface area contributed by atoms with E-state index >= 15 is 0 Å². The van der Waals surface area contributed by atoms with Crippen molar-refractivity contribution in [3.8, 4) is 11.4 Å². The topological polar surface area (TPSA) is 76.4 Å². The standard InChI is InChI=1S/C16H12BrFN4O2S3/c17-13-4-5-14(26-13)27(23,24)19-7-6-12-9-25-16-20-15(21-22(12)16)10-2-1-3-11(18)8-10/h1-5,8-9,19H,6-7H2. The third kappa shape index (κ3) is 3.97. The molecule has 140 valence electrons. The molecule has 0 fully saturated rings. The number of sulfonamides is 1. The van der Waals surface area contributed by atoms with Gasteiger partial charge in [0.05, 0.1) is 9.48 Å². The Balaban J connectivity index is 1.50. The maximum absolute atomic E-state index is 13.4. The van der Waals surface area contributed by atoms with E-state index in [9.17, 15) is 12.8 Å². The van der Waals surface area contributed by atoms with Gasteiger partial charge in [0.15, 0.2) is 5.82 Å². The fraction of sp³-hybridized carbons (Fsp3) is 0.125. The first-order valence-corrected chi connectivity index (χ1v) is 11.7. The normalized spacial score (nSPS) is 12.1. The van der Waals surface area contributed by atoms with E-state index in [1.165, 1.54) is 23.5 Å². The molecular weight excluding hydrogens is 475 g/mol. The van der Waals surface area contributed by atoms with Crippen LogP contribution in [0, 0.1) is 5.82 Å². The van der Waals surface area contributed by atoms with Gasteiger partial charge in [0.1, 0.15) is 10.0 Å². The summed E-state index contributed by atoms with van der Waals surface area (Å²) in [7, 11) is -3.53. The van der Waals surface area contributed by atoms with Crippen molar-refractivity contribution in [1.82, 2.24) is 19.3 Å². The van der Waals surface area contributed by atoms with Gasteiger partial charge in [0.2, 0.25) is 15.0 Å². The zero-order chi connectivity index (χ0) is 19.0. The van der Waals surface area contributed by atoms with Gasteiger partial charge in [-0.3, -0.25) is 0 Å². The Morgan fingerprint density at radius 2 is 2.11 bits per heavy atom. The number of halogens is 2. The van der Waals surface area contributed by atoms with Crippen molar-refractivity contribution >= 4 is 53.6 Å². The first-order valence-electron chi connectivity index (χ1n) is 7.76. The van der Waals surface area contributed by atoms with Crippen LogP contribution in [0.5, 0.6) is 0 Å². The molecule has 0 aliphatic heterocycles. The third-order valence-electron chi connectivity index (χ3n) is 3.72. The quantitative estimate of drug-likeness (QED) is 0.447. The molecule has 6 nitrogen and oxygen atoms in total. The smallest absolute Gasteiger partial charge is 0.210 e. The van der Waals surface area contributed by atoms with E-state index in [1.807, 2.05) is 5.38 Å². The van der Waals surface area contributed by atoms with Gasteiger partial charge in [-0.1, -0.05) is 12.1 Å².